The Kier molecular flexibility index (Phi) is 6.02. The molecule has 3 aromatic carbocycles. The van der Waals surface area contributed by atoms with E-state index in [1.807, 2.05) is 18.2 Å². The number of carbonyl (C=O) groups is 1. The zero-order valence-electron chi connectivity index (χ0n) is 15.1. The Morgan fingerprint density at radius 1 is 0.893 bits per heavy atom. The monoisotopic (exact) mass is 414 g/mol. The highest BCUT2D eigenvalue weighted by Crippen LogP contribution is 2.24. The van der Waals surface area contributed by atoms with Gasteiger partial charge in [0.15, 0.2) is 9.84 Å². The van der Waals surface area contributed by atoms with Crippen molar-refractivity contribution >= 4 is 38.8 Å². The average molecular weight is 415 g/mol. The van der Waals surface area contributed by atoms with Crippen LogP contribution < -0.4 is 10.6 Å². The third-order valence-corrected chi connectivity index (χ3v) is 6.16. The summed E-state index contributed by atoms with van der Waals surface area (Å²) in [5, 5.41) is 5.91. The first-order chi connectivity index (χ1) is 13.3. The number of hydrogen-bond donors (Lipinski definition) is 2. The van der Waals surface area contributed by atoms with Crippen LogP contribution in [0.25, 0.3) is 0 Å². The molecule has 144 valence electrons. The molecular weight excluding hydrogens is 396 g/mol. The van der Waals surface area contributed by atoms with Crippen LogP contribution in [0.5, 0.6) is 0 Å². The predicted octanol–water partition coefficient (Wildman–Crippen LogP) is 5.27. The van der Waals surface area contributed by atoms with Gasteiger partial charge in [-0.1, -0.05) is 48.0 Å². The number of benzene rings is 3. The fraction of sp³-hybridized carbons (Fsp3) is 0.0952. The van der Waals surface area contributed by atoms with Crippen molar-refractivity contribution in [3.05, 3.63) is 88.9 Å². The highest BCUT2D eigenvalue weighted by Gasteiger charge is 2.19. The summed E-state index contributed by atoms with van der Waals surface area (Å²) in [7, 11) is -3.59. The van der Waals surface area contributed by atoms with Crippen molar-refractivity contribution in [2.24, 2.45) is 0 Å². The molecular formula is C21H19ClN2O3S. The lowest BCUT2D eigenvalue weighted by atomic mass is 10.2. The van der Waals surface area contributed by atoms with Crippen LogP contribution in [-0.2, 0) is 15.6 Å². The van der Waals surface area contributed by atoms with E-state index in [-0.39, 0.29) is 10.6 Å². The quantitative estimate of drug-likeness (QED) is 0.597. The molecule has 0 heterocycles. The standard InChI is InChI=1S/C21H19ClN2O3S/c1-15-7-12-19(24-21(25)23-18-5-3-2-4-6-18)13-20(15)28(26,27)14-16-8-10-17(22)11-9-16/h2-13H,14H2,1H3,(H2,23,24,25). The molecule has 0 aromatic heterocycles. The molecule has 0 aliphatic carbocycles. The number of aryl methyl sites for hydroxylation is 1. The first-order valence-corrected chi connectivity index (χ1v) is 10.6. The summed E-state index contributed by atoms with van der Waals surface area (Å²) in [4.78, 5) is 12.3. The summed E-state index contributed by atoms with van der Waals surface area (Å²) in [6.45, 7) is 1.72. The van der Waals surface area contributed by atoms with Crippen LogP contribution in [0, 0.1) is 6.92 Å². The van der Waals surface area contributed by atoms with Crippen molar-refractivity contribution in [2.45, 2.75) is 17.6 Å². The molecule has 0 radical (unpaired) electrons. The van der Waals surface area contributed by atoms with E-state index in [1.54, 1.807) is 55.5 Å². The van der Waals surface area contributed by atoms with Crippen molar-refractivity contribution in [2.75, 3.05) is 10.6 Å². The molecule has 0 saturated heterocycles. The van der Waals surface area contributed by atoms with Gasteiger partial charge in [-0.25, -0.2) is 13.2 Å². The van der Waals surface area contributed by atoms with E-state index in [1.165, 1.54) is 6.07 Å². The molecule has 0 aliphatic heterocycles. The molecule has 2 N–H and O–H groups in total. The topological polar surface area (TPSA) is 75.3 Å². The van der Waals surface area contributed by atoms with Gasteiger partial charge in [0.25, 0.3) is 0 Å². The molecule has 0 unspecified atom stereocenters. The molecule has 0 bridgehead atoms. The fourth-order valence-corrected chi connectivity index (χ4v) is 4.48. The maximum Gasteiger partial charge on any atom is 0.323 e. The van der Waals surface area contributed by atoms with Gasteiger partial charge in [0.05, 0.1) is 10.6 Å². The van der Waals surface area contributed by atoms with E-state index >= 15 is 0 Å². The van der Waals surface area contributed by atoms with Crippen LogP contribution in [0.2, 0.25) is 5.02 Å². The smallest absolute Gasteiger partial charge is 0.308 e. The molecule has 0 atom stereocenters. The van der Waals surface area contributed by atoms with Gasteiger partial charge in [-0.3, -0.25) is 0 Å². The van der Waals surface area contributed by atoms with E-state index in [0.29, 0.717) is 27.5 Å². The van der Waals surface area contributed by atoms with Gasteiger partial charge in [-0.15, -0.1) is 0 Å². The normalized spacial score (nSPS) is 11.1. The number of halogens is 1. The first kappa shape index (κ1) is 19.9. The van der Waals surface area contributed by atoms with Crippen LogP contribution in [-0.4, -0.2) is 14.4 Å². The van der Waals surface area contributed by atoms with Gasteiger partial charge < -0.3 is 10.6 Å². The van der Waals surface area contributed by atoms with Crippen molar-refractivity contribution in [3.8, 4) is 0 Å². The Morgan fingerprint density at radius 2 is 1.54 bits per heavy atom. The molecule has 0 spiro atoms. The second-order valence-electron chi connectivity index (χ2n) is 6.31. The Morgan fingerprint density at radius 3 is 2.21 bits per heavy atom. The van der Waals surface area contributed by atoms with Gasteiger partial charge in [-0.05, 0) is 54.4 Å². The molecule has 0 saturated carbocycles. The number of hydrogen-bond acceptors (Lipinski definition) is 3. The van der Waals surface area contributed by atoms with Gasteiger partial charge in [0.1, 0.15) is 0 Å². The largest absolute Gasteiger partial charge is 0.323 e. The lowest BCUT2D eigenvalue weighted by Crippen LogP contribution is -2.19. The number of para-hydroxylation sites is 1. The van der Waals surface area contributed by atoms with Crippen molar-refractivity contribution < 1.29 is 13.2 Å². The second kappa shape index (κ2) is 8.46. The SMILES string of the molecule is Cc1ccc(NC(=O)Nc2ccccc2)cc1S(=O)(=O)Cc1ccc(Cl)cc1. The van der Waals surface area contributed by atoms with Crippen LogP contribution >= 0.6 is 11.6 Å². The van der Waals surface area contributed by atoms with Crippen LogP contribution in [0.15, 0.2) is 77.7 Å². The number of nitrogens with one attached hydrogen (secondary N) is 2. The van der Waals surface area contributed by atoms with E-state index in [0.717, 1.165) is 0 Å². The predicted molar refractivity (Wildman–Crippen MR) is 113 cm³/mol. The van der Waals surface area contributed by atoms with E-state index in [2.05, 4.69) is 10.6 Å². The lowest BCUT2D eigenvalue weighted by Gasteiger charge is -2.12. The molecule has 28 heavy (non-hydrogen) atoms. The number of anilines is 2. The summed E-state index contributed by atoms with van der Waals surface area (Å²) < 4.78 is 25.8. The number of carbonyl (C=O) groups excluding carboxylic acids is 1. The first-order valence-electron chi connectivity index (χ1n) is 8.54. The minimum Gasteiger partial charge on any atom is -0.308 e. The number of amides is 2. The summed E-state index contributed by atoms with van der Waals surface area (Å²) in [5.74, 6) is -0.148. The minimum absolute atomic E-state index is 0.148. The molecule has 3 aromatic rings. The number of urea groups is 1. The maximum absolute atomic E-state index is 12.9. The van der Waals surface area contributed by atoms with Crippen molar-refractivity contribution in [1.29, 1.82) is 0 Å². The van der Waals surface area contributed by atoms with Crippen LogP contribution in [0.1, 0.15) is 11.1 Å². The number of rotatable bonds is 5. The third-order valence-electron chi connectivity index (χ3n) is 4.08. The molecule has 2 amide bonds. The molecule has 0 fully saturated rings. The van der Waals surface area contributed by atoms with Crippen molar-refractivity contribution in [3.63, 3.8) is 0 Å². The summed E-state index contributed by atoms with van der Waals surface area (Å²) in [6, 6.07) is 20.0. The van der Waals surface area contributed by atoms with Gasteiger partial charge >= 0.3 is 6.03 Å². The molecule has 3 rings (SSSR count). The van der Waals surface area contributed by atoms with E-state index in [4.69, 9.17) is 11.6 Å². The zero-order valence-corrected chi connectivity index (χ0v) is 16.7. The van der Waals surface area contributed by atoms with E-state index in [9.17, 15) is 13.2 Å². The molecule has 5 nitrogen and oxygen atoms in total. The maximum atomic E-state index is 12.9. The van der Waals surface area contributed by atoms with Gasteiger partial charge in [0, 0.05) is 16.4 Å². The third kappa shape index (κ3) is 5.12. The molecule has 7 heteroatoms. The van der Waals surface area contributed by atoms with Crippen molar-refractivity contribution in [1.82, 2.24) is 0 Å². The second-order valence-corrected chi connectivity index (χ2v) is 8.71. The highest BCUT2D eigenvalue weighted by atomic mass is 35.5. The summed E-state index contributed by atoms with van der Waals surface area (Å²) in [5.41, 5.74) is 2.29. The average Bonchev–Trinajstić information content (AvgIpc) is 2.65. The zero-order chi connectivity index (χ0) is 20.1. The Balaban J connectivity index is 1.78. The number of sulfone groups is 1. The Labute approximate surface area is 169 Å². The lowest BCUT2D eigenvalue weighted by molar-refractivity contribution is 0.262. The van der Waals surface area contributed by atoms with Gasteiger partial charge in [-0.2, -0.15) is 0 Å². The fourth-order valence-electron chi connectivity index (χ4n) is 2.71. The van der Waals surface area contributed by atoms with Gasteiger partial charge in [0.2, 0.25) is 0 Å². The van der Waals surface area contributed by atoms with E-state index < -0.39 is 15.9 Å². The minimum atomic E-state index is -3.59. The Bertz CT molecular complexity index is 1080. The van der Waals surface area contributed by atoms with Crippen LogP contribution in [0.3, 0.4) is 0 Å². The summed E-state index contributed by atoms with van der Waals surface area (Å²) >= 11 is 5.86. The highest BCUT2D eigenvalue weighted by molar-refractivity contribution is 7.90. The molecule has 0 aliphatic rings. The Hall–Kier alpha value is -2.83. The van der Waals surface area contributed by atoms with Crippen LogP contribution in [0.4, 0.5) is 16.2 Å². The summed E-state index contributed by atoms with van der Waals surface area (Å²) in [6.07, 6.45) is 0.